The first-order valence-electron chi connectivity index (χ1n) is 6.79. The summed E-state index contributed by atoms with van der Waals surface area (Å²) in [4.78, 5) is 0. The van der Waals surface area contributed by atoms with Crippen LogP contribution >= 0.6 is 7.55 Å². The molecule has 0 radical (unpaired) electrons. The first-order chi connectivity index (χ1) is 10.4. The van der Waals surface area contributed by atoms with Crippen LogP contribution in [0.15, 0.2) is 90.5 Å². The largest absolute Gasteiger partial charge is 0.574 e. The van der Waals surface area contributed by atoms with Crippen LogP contribution in [-0.2, 0) is 0 Å². The third kappa shape index (κ3) is 2.89. The molecule has 0 atom stereocenters. The van der Waals surface area contributed by atoms with Gasteiger partial charge in [0.15, 0.2) is 0 Å². The molecule has 102 valence electrons. The topological polar surface area (TPSA) is 20.2 Å². The Morgan fingerprint density at radius 3 is 1.76 bits per heavy atom. The van der Waals surface area contributed by atoms with Crippen molar-refractivity contribution in [2.45, 2.75) is 0 Å². The molecule has 1 aliphatic carbocycles. The Morgan fingerprint density at radius 2 is 1.24 bits per heavy atom. The van der Waals surface area contributed by atoms with E-state index in [1.165, 1.54) is 10.6 Å². The minimum atomic E-state index is -0.695. The SMILES string of the molecule is O[C-]=C1C=CC=CC1=[P+](c1ccccc1)c1ccccc1. The van der Waals surface area contributed by atoms with Crippen LogP contribution in [0.4, 0.5) is 0 Å². The van der Waals surface area contributed by atoms with Crippen molar-refractivity contribution in [1.29, 1.82) is 0 Å². The molecule has 0 amide bonds. The Labute approximate surface area is 126 Å². The Bertz CT molecular complexity index is 696. The lowest BCUT2D eigenvalue weighted by Gasteiger charge is -2.13. The van der Waals surface area contributed by atoms with Crippen molar-refractivity contribution in [2.75, 3.05) is 0 Å². The van der Waals surface area contributed by atoms with Crippen LogP contribution in [0, 0.1) is 6.26 Å². The second kappa shape index (κ2) is 6.39. The molecule has 0 heterocycles. The Kier molecular flexibility index (Phi) is 4.14. The van der Waals surface area contributed by atoms with Crippen LogP contribution in [0.3, 0.4) is 0 Å². The number of hydrogen-bond donors (Lipinski definition) is 1. The molecule has 0 fully saturated rings. The molecule has 0 spiro atoms. The van der Waals surface area contributed by atoms with Gasteiger partial charge in [0.05, 0.1) is 5.29 Å². The van der Waals surface area contributed by atoms with E-state index in [9.17, 15) is 5.11 Å². The highest BCUT2D eigenvalue weighted by molar-refractivity contribution is 7.74. The maximum atomic E-state index is 9.42. The number of aliphatic hydroxyl groups is 1. The summed E-state index contributed by atoms with van der Waals surface area (Å²) in [5.41, 5.74) is 0.760. The quantitative estimate of drug-likeness (QED) is 0.508. The van der Waals surface area contributed by atoms with Gasteiger partial charge in [0.25, 0.3) is 0 Å². The fourth-order valence-electron chi connectivity index (χ4n) is 2.34. The van der Waals surface area contributed by atoms with Gasteiger partial charge in [-0.05, 0) is 24.3 Å². The van der Waals surface area contributed by atoms with Gasteiger partial charge in [-0.1, -0.05) is 48.6 Å². The van der Waals surface area contributed by atoms with Crippen LogP contribution < -0.4 is 10.6 Å². The van der Waals surface area contributed by atoms with E-state index in [-0.39, 0.29) is 0 Å². The van der Waals surface area contributed by atoms with Crippen molar-refractivity contribution in [3.63, 3.8) is 0 Å². The van der Waals surface area contributed by atoms with E-state index in [4.69, 9.17) is 0 Å². The minimum absolute atomic E-state index is 0.695. The van der Waals surface area contributed by atoms with Gasteiger partial charge in [0, 0.05) is 6.26 Å². The molecule has 2 aromatic rings. The van der Waals surface area contributed by atoms with Gasteiger partial charge in [-0.25, -0.2) is 0 Å². The zero-order valence-corrected chi connectivity index (χ0v) is 12.4. The highest BCUT2D eigenvalue weighted by Crippen LogP contribution is 2.29. The van der Waals surface area contributed by atoms with Gasteiger partial charge >= 0.3 is 0 Å². The molecule has 2 aromatic carbocycles. The molecular formula is C19H15OP. The molecule has 0 bridgehead atoms. The minimum Gasteiger partial charge on any atom is -0.574 e. The second-order valence-corrected chi connectivity index (χ2v) is 6.82. The van der Waals surface area contributed by atoms with E-state index < -0.39 is 7.55 Å². The smallest absolute Gasteiger partial charge is 0.142 e. The fraction of sp³-hybridized carbons (Fsp3) is 0. The summed E-state index contributed by atoms with van der Waals surface area (Å²) in [7, 11) is -0.695. The lowest BCUT2D eigenvalue weighted by atomic mass is 10.1. The van der Waals surface area contributed by atoms with E-state index in [1.807, 2.05) is 30.4 Å². The average Bonchev–Trinajstić information content (AvgIpc) is 2.58. The molecule has 21 heavy (non-hydrogen) atoms. The maximum absolute atomic E-state index is 9.42. The van der Waals surface area contributed by atoms with Crippen LogP contribution in [0.5, 0.6) is 0 Å². The predicted molar refractivity (Wildman–Crippen MR) is 91.7 cm³/mol. The maximum Gasteiger partial charge on any atom is 0.142 e. The zero-order chi connectivity index (χ0) is 14.5. The molecular weight excluding hydrogens is 275 g/mol. The van der Waals surface area contributed by atoms with E-state index in [0.717, 1.165) is 10.9 Å². The monoisotopic (exact) mass is 290 g/mol. The summed E-state index contributed by atoms with van der Waals surface area (Å²) in [5.74, 6) is 0. The highest BCUT2D eigenvalue weighted by Gasteiger charge is 2.20. The van der Waals surface area contributed by atoms with Crippen LogP contribution in [0.2, 0.25) is 0 Å². The van der Waals surface area contributed by atoms with E-state index >= 15 is 0 Å². The highest BCUT2D eigenvalue weighted by atomic mass is 31.1. The van der Waals surface area contributed by atoms with Gasteiger partial charge in [0.1, 0.15) is 18.2 Å². The fourth-order valence-corrected chi connectivity index (χ4v) is 4.74. The van der Waals surface area contributed by atoms with Crippen LogP contribution in [-0.4, -0.2) is 10.4 Å². The van der Waals surface area contributed by atoms with Gasteiger partial charge in [-0.3, -0.25) is 0 Å². The van der Waals surface area contributed by atoms with E-state index in [0.29, 0.717) is 0 Å². The standard InChI is InChI=1S/C19H15OP/c20-15-16-9-7-8-14-19(16)21(17-10-3-1-4-11-17)18-12-5-2-6-13-18/h1-14,20H. The zero-order valence-electron chi connectivity index (χ0n) is 11.5. The summed E-state index contributed by atoms with van der Waals surface area (Å²) in [5, 5.41) is 13.1. The molecule has 3 rings (SSSR count). The number of benzene rings is 2. The Balaban J connectivity index is 2.27. The van der Waals surface area contributed by atoms with Crippen molar-refractivity contribution in [3.05, 3.63) is 96.8 Å². The molecule has 1 nitrogen and oxygen atoms in total. The summed E-state index contributed by atoms with van der Waals surface area (Å²) in [6, 6.07) is 20.9. The molecule has 0 saturated carbocycles. The molecule has 1 N–H and O–H groups in total. The Morgan fingerprint density at radius 1 is 0.714 bits per heavy atom. The number of aliphatic hydroxyl groups excluding tert-OH is 1. The lowest BCUT2D eigenvalue weighted by Crippen LogP contribution is -2.14. The summed E-state index contributed by atoms with van der Waals surface area (Å²) < 4.78 is 0. The van der Waals surface area contributed by atoms with Crippen molar-refractivity contribution in [1.82, 2.24) is 0 Å². The number of allylic oxidation sites excluding steroid dienone is 5. The first kappa shape index (κ1) is 13.6. The third-order valence-electron chi connectivity index (χ3n) is 3.29. The summed E-state index contributed by atoms with van der Waals surface area (Å²) in [6.07, 6.45) is 10.2. The van der Waals surface area contributed by atoms with E-state index in [2.05, 4.69) is 60.9 Å². The second-order valence-electron chi connectivity index (χ2n) is 4.64. The predicted octanol–water partition coefficient (Wildman–Crippen LogP) is 3.66. The van der Waals surface area contributed by atoms with Gasteiger partial charge in [-0.15, -0.1) is 11.6 Å². The first-order valence-corrected chi connectivity index (χ1v) is 8.13. The molecule has 1 aliphatic rings. The molecule has 0 aliphatic heterocycles. The lowest BCUT2D eigenvalue weighted by molar-refractivity contribution is 0.440. The Hall–Kier alpha value is -2.37. The van der Waals surface area contributed by atoms with Gasteiger partial charge in [-0.2, -0.15) is 6.08 Å². The molecule has 0 unspecified atom stereocenters. The summed E-state index contributed by atoms with van der Waals surface area (Å²) in [6.45, 7) is 0. The van der Waals surface area contributed by atoms with Gasteiger partial charge < -0.3 is 5.11 Å². The number of hydrogen-bond acceptors (Lipinski definition) is 1. The number of rotatable bonds is 2. The van der Waals surface area contributed by atoms with Crippen molar-refractivity contribution in [3.8, 4) is 0 Å². The average molecular weight is 290 g/mol. The third-order valence-corrected chi connectivity index (χ3v) is 5.80. The van der Waals surface area contributed by atoms with Crippen LogP contribution in [0.1, 0.15) is 0 Å². The van der Waals surface area contributed by atoms with Crippen LogP contribution in [0.25, 0.3) is 0 Å². The van der Waals surface area contributed by atoms with Crippen molar-refractivity contribution >= 4 is 23.4 Å². The normalized spacial score (nSPS) is 15.4. The molecule has 0 saturated heterocycles. The van der Waals surface area contributed by atoms with E-state index in [1.54, 1.807) is 0 Å². The van der Waals surface area contributed by atoms with Crippen molar-refractivity contribution in [2.24, 2.45) is 0 Å². The molecule has 0 aromatic heterocycles. The summed E-state index contributed by atoms with van der Waals surface area (Å²) >= 11 is 0. The molecule has 2 heteroatoms. The van der Waals surface area contributed by atoms with Gasteiger partial charge in [0.2, 0.25) is 0 Å². The van der Waals surface area contributed by atoms with Crippen molar-refractivity contribution < 1.29 is 5.11 Å².